The molecule has 0 aliphatic carbocycles. The molecular weight excluding hydrogens is 251 g/mol. The second kappa shape index (κ2) is 6.47. The Hall–Kier alpha value is -1.69. The highest BCUT2D eigenvalue weighted by molar-refractivity contribution is 5.81. The molecule has 1 fully saturated rings. The van der Waals surface area contributed by atoms with Gasteiger partial charge in [-0.25, -0.2) is 4.39 Å². The van der Waals surface area contributed by atoms with Crippen LogP contribution < -0.4 is 4.74 Å². The second-order valence-electron chi connectivity index (χ2n) is 4.38. The monoisotopic (exact) mass is 268 g/mol. The van der Waals surface area contributed by atoms with Gasteiger partial charge in [0, 0.05) is 19.3 Å². The number of hydrogen-bond acceptors (Lipinski definition) is 4. The Labute approximate surface area is 111 Å². The van der Waals surface area contributed by atoms with E-state index in [1.54, 1.807) is 36.4 Å². The molecule has 2 atom stereocenters. The Morgan fingerprint density at radius 1 is 1.74 bits per heavy atom. The Kier molecular flexibility index (Phi) is 4.68. The van der Waals surface area contributed by atoms with Gasteiger partial charge < -0.3 is 14.4 Å². The van der Waals surface area contributed by atoms with Crippen LogP contribution in [-0.4, -0.2) is 54.4 Å². The number of halogens is 1. The van der Waals surface area contributed by atoms with Gasteiger partial charge in [-0.1, -0.05) is 0 Å². The number of carbonyl (C=O) groups excluding carboxylic acids is 1. The van der Waals surface area contributed by atoms with E-state index in [1.165, 1.54) is 0 Å². The molecule has 5 nitrogen and oxygen atoms in total. The summed E-state index contributed by atoms with van der Waals surface area (Å²) in [6.07, 6.45) is 2.03. The van der Waals surface area contributed by atoms with Gasteiger partial charge in [-0.2, -0.15) is 0 Å². The molecule has 1 amide bonds. The number of ether oxygens (including phenoxy) is 2. The minimum atomic E-state index is -0.623. The molecule has 19 heavy (non-hydrogen) atoms. The molecule has 0 aromatic carbocycles. The van der Waals surface area contributed by atoms with Crippen molar-refractivity contribution >= 4 is 5.91 Å². The highest BCUT2D eigenvalue weighted by atomic mass is 19.1. The number of amides is 1. The van der Waals surface area contributed by atoms with E-state index in [2.05, 4.69) is 4.98 Å². The fourth-order valence-corrected chi connectivity index (χ4v) is 1.94. The standard InChI is InChI=1S/C13H17FN2O3/c1-10(19-11-3-2-4-15-8-11)13(17)16-5-6-18-12(7-14)9-16/h2-4,8,10,12H,5-7,9H2,1H3. The molecular formula is C13H17FN2O3. The molecule has 1 aliphatic rings. The molecule has 104 valence electrons. The largest absolute Gasteiger partial charge is 0.479 e. The van der Waals surface area contributed by atoms with Gasteiger partial charge in [0.1, 0.15) is 18.5 Å². The van der Waals surface area contributed by atoms with Crippen molar-refractivity contribution in [2.75, 3.05) is 26.4 Å². The van der Waals surface area contributed by atoms with Gasteiger partial charge >= 0.3 is 0 Å². The fraction of sp³-hybridized carbons (Fsp3) is 0.538. The van der Waals surface area contributed by atoms with Crippen LogP contribution in [0.1, 0.15) is 6.92 Å². The van der Waals surface area contributed by atoms with Crippen LogP contribution >= 0.6 is 0 Å². The molecule has 2 rings (SSSR count). The van der Waals surface area contributed by atoms with Crippen molar-refractivity contribution in [1.29, 1.82) is 0 Å². The third-order valence-corrected chi connectivity index (χ3v) is 2.92. The maximum Gasteiger partial charge on any atom is 0.263 e. The average Bonchev–Trinajstić information content (AvgIpc) is 2.47. The summed E-state index contributed by atoms with van der Waals surface area (Å²) >= 11 is 0. The highest BCUT2D eigenvalue weighted by Gasteiger charge is 2.28. The molecule has 0 bridgehead atoms. The van der Waals surface area contributed by atoms with E-state index in [4.69, 9.17) is 9.47 Å². The first-order valence-corrected chi connectivity index (χ1v) is 6.23. The van der Waals surface area contributed by atoms with Gasteiger partial charge in [-0.05, 0) is 19.1 Å². The Morgan fingerprint density at radius 3 is 3.26 bits per heavy atom. The molecule has 1 aromatic heterocycles. The van der Waals surface area contributed by atoms with Crippen molar-refractivity contribution in [1.82, 2.24) is 9.88 Å². The first kappa shape index (κ1) is 13.7. The molecule has 0 saturated carbocycles. The molecule has 6 heteroatoms. The number of carbonyl (C=O) groups is 1. The normalized spacial score (nSPS) is 20.9. The number of morpholine rings is 1. The molecule has 0 N–H and O–H groups in total. The lowest BCUT2D eigenvalue weighted by molar-refractivity contribution is -0.146. The first-order chi connectivity index (χ1) is 9.20. The van der Waals surface area contributed by atoms with Crippen molar-refractivity contribution in [3.05, 3.63) is 24.5 Å². The molecule has 0 spiro atoms. The van der Waals surface area contributed by atoms with E-state index in [0.717, 1.165) is 0 Å². The van der Waals surface area contributed by atoms with Crippen molar-refractivity contribution in [3.8, 4) is 5.75 Å². The van der Waals surface area contributed by atoms with Crippen LogP contribution in [0.5, 0.6) is 5.75 Å². The maximum atomic E-state index is 12.6. The lowest BCUT2D eigenvalue weighted by Crippen LogP contribution is -2.50. The van der Waals surface area contributed by atoms with Gasteiger partial charge in [0.05, 0.1) is 12.8 Å². The van der Waals surface area contributed by atoms with Crippen LogP contribution in [0, 0.1) is 0 Å². The third-order valence-electron chi connectivity index (χ3n) is 2.92. The predicted octanol–water partition coefficient (Wildman–Crippen LogP) is 1.05. The number of alkyl halides is 1. The van der Waals surface area contributed by atoms with Gasteiger partial charge in [-0.3, -0.25) is 9.78 Å². The second-order valence-corrected chi connectivity index (χ2v) is 4.38. The molecule has 0 radical (unpaired) electrons. The maximum absolute atomic E-state index is 12.6. The van der Waals surface area contributed by atoms with E-state index in [1.807, 2.05) is 0 Å². The van der Waals surface area contributed by atoms with Crippen molar-refractivity contribution in [2.24, 2.45) is 0 Å². The zero-order valence-corrected chi connectivity index (χ0v) is 10.8. The minimum absolute atomic E-state index is 0.161. The smallest absolute Gasteiger partial charge is 0.263 e. The summed E-state index contributed by atoms with van der Waals surface area (Å²) in [6, 6.07) is 3.47. The van der Waals surface area contributed by atoms with E-state index in [9.17, 15) is 9.18 Å². The summed E-state index contributed by atoms with van der Waals surface area (Å²) in [4.78, 5) is 17.7. The number of rotatable bonds is 4. The summed E-state index contributed by atoms with van der Waals surface area (Å²) < 4.78 is 23.3. The molecule has 2 unspecified atom stereocenters. The number of pyridine rings is 1. The molecule has 1 aliphatic heterocycles. The van der Waals surface area contributed by atoms with Crippen LogP contribution in [-0.2, 0) is 9.53 Å². The van der Waals surface area contributed by atoms with Gasteiger partial charge in [-0.15, -0.1) is 0 Å². The highest BCUT2D eigenvalue weighted by Crippen LogP contribution is 2.13. The SMILES string of the molecule is CC(Oc1cccnc1)C(=O)N1CCOC(CF)C1. The van der Waals surface area contributed by atoms with Crippen LogP contribution in [0.15, 0.2) is 24.5 Å². The average molecular weight is 268 g/mol. The Morgan fingerprint density at radius 2 is 2.58 bits per heavy atom. The minimum Gasteiger partial charge on any atom is -0.479 e. The van der Waals surface area contributed by atoms with Crippen LogP contribution in [0.2, 0.25) is 0 Å². The van der Waals surface area contributed by atoms with E-state index in [-0.39, 0.29) is 12.5 Å². The number of hydrogen-bond donors (Lipinski definition) is 0. The van der Waals surface area contributed by atoms with Gasteiger partial charge in [0.2, 0.25) is 0 Å². The summed E-state index contributed by atoms with van der Waals surface area (Å²) in [5, 5.41) is 0. The number of aromatic nitrogens is 1. The van der Waals surface area contributed by atoms with E-state index < -0.39 is 18.9 Å². The summed E-state index contributed by atoms with van der Waals surface area (Å²) in [5.41, 5.74) is 0. The van der Waals surface area contributed by atoms with Gasteiger partial charge in [0.25, 0.3) is 5.91 Å². The Bertz CT molecular complexity index is 416. The molecule has 2 heterocycles. The topological polar surface area (TPSA) is 51.7 Å². The van der Waals surface area contributed by atoms with Crippen LogP contribution in [0.4, 0.5) is 4.39 Å². The number of nitrogens with zero attached hydrogens (tertiary/aromatic N) is 2. The lowest BCUT2D eigenvalue weighted by Gasteiger charge is -2.33. The predicted molar refractivity (Wildman–Crippen MR) is 66.6 cm³/mol. The van der Waals surface area contributed by atoms with Gasteiger partial charge in [0.15, 0.2) is 6.10 Å². The summed E-state index contributed by atoms with van der Waals surface area (Å²) in [7, 11) is 0. The third kappa shape index (κ3) is 3.64. The molecule has 1 saturated heterocycles. The van der Waals surface area contributed by atoms with E-state index >= 15 is 0 Å². The summed E-state index contributed by atoms with van der Waals surface area (Å²) in [6.45, 7) is 2.20. The molecule has 1 aromatic rings. The van der Waals surface area contributed by atoms with Crippen molar-refractivity contribution in [3.63, 3.8) is 0 Å². The zero-order chi connectivity index (χ0) is 13.7. The van der Waals surface area contributed by atoms with E-state index in [0.29, 0.717) is 18.9 Å². The quantitative estimate of drug-likeness (QED) is 0.819. The van der Waals surface area contributed by atoms with Crippen molar-refractivity contribution in [2.45, 2.75) is 19.1 Å². The fourth-order valence-electron chi connectivity index (χ4n) is 1.94. The van der Waals surface area contributed by atoms with Crippen LogP contribution in [0.25, 0.3) is 0 Å². The zero-order valence-electron chi connectivity index (χ0n) is 10.8. The first-order valence-electron chi connectivity index (χ1n) is 6.23. The lowest BCUT2D eigenvalue weighted by atomic mass is 10.2. The summed E-state index contributed by atoms with van der Waals surface area (Å²) in [5.74, 6) is 0.379. The van der Waals surface area contributed by atoms with Crippen LogP contribution in [0.3, 0.4) is 0 Å². The Balaban J connectivity index is 1.91. The van der Waals surface area contributed by atoms with Crippen molar-refractivity contribution < 1.29 is 18.7 Å².